The van der Waals surface area contributed by atoms with E-state index in [1.807, 2.05) is 61.5 Å². The quantitative estimate of drug-likeness (QED) is 0.452. The zero-order valence-electron chi connectivity index (χ0n) is 17.8. The van der Waals surface area contributed by atoms with Crippen LogP contribution in [-0.4, -0.2) is 51.9 Å². The van der Waals surface area contributed by atoms with Gasteiger partial charge in [-0.1, -0.05) is 48.5 Å². The van der Waals surface area contributed by atoms with Crippen LogP contribution >= 0.6 is 0 Å². The second kappa shape index (κ2) is 8.58. The molecule has 9 heteroatoms. The van der Waals surface area contributed by atoms with Crippen molar-refractivity contribution in [2.75, 3.05) is 12.8 Å². The minimum absolute atomic E-state index is 0.0388. The van der Waals surface area contributed by atoms with Crippen molar-refractivity contribution < 1.29 is 18.3 Å². The monoisotopic (exact) mass is 452 g/mol. The Kier molecular flexibility index (Phi) is 5.84. The number of para-hydroxylation sites is 1. The number of rotatable bonds is 7. The van der Waals surface area contributed by atoms with Crippen molar-refractivity contribution in [3.63, 3.8) is 0 Å². The Bertz CT molecular complexity index is 1380. The highest BCUT2D eigenvalue weighted by atomic mass is 32.2. The first kappa shape index (κ1) is 21.8. The molecule has 1 N–H and O–H groups in total. The number of aromatic nitrogens is 3. The lowest BCUT2D eigenvalue weighted by Crippen LogP contribution is -2.31. The standard InChI is InChI=1S/C23H24N4O4S/c1-16(12-13-26(23(28)29)15-17-8-4-3-5-9-17)27-21-18-10-6-7-11-19(18)24-14-20(21)25-22(27)32(2,30)31/h3-11,14,16H,12-13,15H2,1-2H3,(H,28,29)/t16-/m1/s1. The van der Waals surface area contributed by atoms with Crippen LogP contribution in [0.2, 0.25) is 0 Å². The summed E-state index contributed by atoms with van der Waals surface area (Å²) >= 11 is 0. The lowest BCUT2D eigenvalue weighted by molar-refractivity contribution is 0.139. The second-order valence-electron chi connectivity index (χ2n) is 7.87. The van der Waals surface area contributed by atoms with Crippen LogP contribution in [0.25, 0.3) is 21.9 Å². The van der Waals surface area contributed by atoms with E-state index in [0.717, 1.165) is 22.7 Å². The van der Waals surface area contributed by atoms with Crippen molar-refractivity contribution >= 4 is 37.9 Å². The van der Waals surface area contributed by atoms with Crippen molar-refractivity contribution in [2.45, 2.75) is 31.1 Å². The summed E-state index contributed by atoms with van der Waals surface area (Å²) in [5.41, 5.74) is 2.82. The molecule has 4 aromatic rings. The molecule has 0 fully saturated rings. The van der Waals surface area contributed by atoms with Gasteiger partial charge in [0.1, 0.15) is 5.52 Å². The van der Waals surface area contributed by atoms with Crippen LogP contribution in [0.5, 0.6) is 0 Å². The van der Waals surface area contributed by atoms with Gasteiger partial charge in [-0.2, -0.15) is 0 Å². The molecule has 1 amide bonds. The van der Waals surface area contributed by atoms with E-state index in [0.29, 0.717) is 17.5 Å². The third kappa shape index (κ3) is 4.29. The first-order valence-electron chi connectivity index (χ1n) is 10.2. The predicted octanol–water partition coefficient (Wildman–Crippen LogP) is 4.12. The maximum atomic E-state index is 12.5. The number of amides is 1. The molecule has 2 aromatic carbocycles. The molecule has 0 aliphatic carbocycles. The maximum Gasteiger partial charge on any atom is 0.407 e. The third-order valence-electron chi connectivity index (χ3n) is 5.47. The van der Waals surface area contributed by atoms with Gasteiger partial charge in [-0.05, 0) is 25.0 Å². The average molecular weight is 453 g/mol. The van der Waals surface area contributed by atoms with Gasteiger partial charge in [-0.3, -0.25) is 4.98 Å². The molecule has 1 atom stereocenters. The lowest BCUT2D eigenvalue weighted by Gasteiger charge is -2.23. The highest BCUT2D eigenvalue weighted by Crippen LogP contribution is 2.30. The predicted molar refractivity (Wildman–Crippen MR) is 122 cm³/mol. The molecule has 2 heterocycles. The van der Waals surface area contributed by atoms with Gasteiger partial charge in [0.05, 0.1) is 17.2 Å². The molecule has 0 unspecified atom stereocenters. The van der Waals surface area contributed by atoms with E-state index < -0.39 is 15.9 Å². The summed E-state index contributed by atoms with van der Waals surface area (Å²) in [6, 6.07) is 16.6. The van der Waals surface area contributed by atoms with E-state index in [2.05, 4.69) is 9.97 Å². The zero-order valence-corrected chi connectivity index (χ0v) is 18.7. The van der Waals surface area contributed by atoms with E-state index in [1.54, 1.807) is 10.8 Å². The van der Waals surface area contributed by atoms with Crippen LogP contribution in [0.4, 0.5) is 4.79 Å². The summed E-state index contributed by atoms with van der Waals surface area (Å²) < 4.78 is 26.8. The van der Waals surface area contributed by atoms with Crippen molar-refractivity contribution in [1.29, 1.82) is 0 Å². The van der Waals surface area contributed by atoms with E-state index in [1.165, 1.54) is 4.90 Å². The Labute approximate surface area is 186 Å². The van der Waals surface area contributed by atoms with E-state index >= 15 is 0 Å². The van der Waals surface area contributed by atoms with Gasteiger partial charge in [0.2, 0.25) is 15.0 Å². The van der Waals surface area contributed by atoms with Gasteiger partial charge in [-0.25, -0.2) is 18.2 Å². The molecular formula is C23H24N4O4S. The van der Waals surface area contributed by atoms with E-state index in [9.17, 15) is 18.3 Å². The lowest BCUT2D eigenvalue weighted by atomic mass is 10.1. The van der Waals surface area contributed by atoms with Crippen LogP contribution < -0.4 is 0 Å². The van der Waals surface area contributed by atoms with Gasteiger partial charge in [-0.15, -0.1) is 0 Å². The molecule has 0 radical (unpaired) electrons. The summed E-state index contributed by atoms with van der Waals surface area (Å²) in [6.45, 7) is 2.39. The smallest absolute Gasteiger partial charge is 0.407 e. The molecule has 0 saturated carbocycles. The molecule has 4 rings (SSSR count). The van der Waals surface area contributed by atoms with Crippen molar-refractivity contribution in [3.8, 4) is 0 Å². The van der Waals surface area contributed by atoms with Crippen molar-refractivity contribution in [1.82, 2.24) is 19.4 Å². The fraction of sp³-hybridized carbons (Fsp3) is 0.261. The van der Waals surface area contributed by atoms with Gasteiger partial charge in [0.15, 0.2) is 0 Å². The van der Waals surface area contributed by atoms with E-state index in [-0.39, 0.29) is 24.3 Å². The zero-order chi connectivity index (χ0) is 22.9. The first-order chi connectivity index (χ1) is 15.3. The Morgan fingerprint density at radius 1 is 1.09 bits per heavy atom. The van der Waals surface area contributed by atoms with Crippen LogP contribution in [0.1, 0.15) is 24.9 Å². The summed E-state index contributed by atoms with van der Waals surface area (Å²) in [5, 5.41) is 10.4. The summed E-state index contributed by atoms with van der Waals surface area (Å²) in [5.74, 6) is 0. The highest BCUT2D eigenvalue weighted by Gasteiger charge is 2.25. The molecule has 8 nitrogen and oxygen atoms in total. The number of carboxylic acid groups (broad SMARTS) is 1. The molecule has 0 saturated heterocycles. The number of pyridine rings is 1. The summed E-state index contributed by atoms with van der Waals surface area (Å²) in [6.07, 6.45) is 2.11. The minimum Gasteiger partial charge on any atom is -0.465 e. The number of carbonyl (C=O) groups is 1. The fourth-order valence-corrected chi connectivity index (χ4v) is 4.78. The number of hydrogen-bond acceptors (Lipinski definition) is 5. The van der Waals surface area contributed by atoms with Gasteiger partial charge in [0.25, 0.3) is 0 Å². The average Bonchev–Trinajstić information content (AvgIpc) is 3.18. The summed E-state index contributed by atoms with van der Waals surface area (Å²) in [4.78, 5) is 21.9. The van der Waals surface area contributed by atoms with E-state index in [4.69, 9.17) is 0 Å². The number of sulfone groups is 1. The number of imidazole rings is 1. The van der Waals surface area contributed by atoms with Crippen molar-refractivity contribution in [3.05, 3.63) is 66.4 Å². The number of hydrogen-bond donors (Lipinski definition) is 1. The Balaban J connectivity index is 1.71. The molecular weight excluding hydrogens is 428 g/mol. The SMILES string of the molecule is C[C@H](CCN(Cc1ccccc1)C(=O)O)n1c(S(C)(=O)=O)nc2cnc3ccccc3c21. The second-order valence-corrected chi connectivity index (χ2v) is 9.78. The molecule has 0 bridgehead atoms. The molecule has 2 aromatic heterocycles. The maximum absolute atomic E-state index is 12.5. The summed E-state index contributed by atoms with van der Waals surface area (Å²) in [7, 11) is -3.62. The Morgan fingerprint density at radius 2 is 1.78 bits per heavy atom. The fourth-order valence-electron chi connectivity index (χ4n) is 3.89. The van der Waals surface area contributed by atoms with Crippen LogP contribution in [0.15, 0.2) is 66.0 Å². The Hall–Kier alpha value is -3.46. The first-order valence-corrected chi connectivity index (χ1v) is 12.1. The highest BCUT2D eigenvalue weighted by molar-refractivity contribution is 7.90. The van der Waals surface area contributed by atoms with Crippen LogP contribution in [0.3, 0.4) is 0 Å². The van der Waals surface area contributed by atoms with Gasteiger partial charge >= 0.3 is 6.09 Å². The van der Waals surface area contributed by atoms with Crippen LogP contribution in [-0.2, 0) is 16.4 Å². The van der Waals surface area contributed by atoms with Crippen molar-refractivity contribution in [2.24, 2.45) is 0 Å². The molecule has 0 aliphatic rings. The number of benzene rings is 2. The number of nitrogens with zero attached hydrogens (tertiary/aromatic N) is 4. The van der Waals surface area contributed by atoms with Gasteiger partial charge in [0, 0.05) is 30.8 Å². The molecule has 0 spiro atoms. The molecule has 32 heavy (non-hydrogen) atoms. The number of fused-ring (bicyclic) bond motifs is 3. The molecule has 0 aliphatic heterocycles. The molecule has 166 valence electrons. The minimum atomic E-state index is -3.62. The normalized spacial score (nSPS) is 12.8. The largest absolute Gasteiger partial charge is 0.465 e. The van der Waals surface area contributed by atoms with Gasteiger partial charge < -0.3 is 14.6 Å². The third-order valence-corrected chi connectivity index (χ3v) is 6.42. The Morgan fingerprint density at radius 3 is 2.47 bits per heavy atom. The topological polar surface area (TPSA) is 105 Å². The van der Waals surface area contributed by atoms with Crippen LogP contribution in [0, 0.1) is 0 Å².